The van der Waals surface area contributed by atoms with Crippen molar-refractivity contribution >= 4 is 29.7 Å². The van der Waals surface area contributed by atoms with E-state index < -0.39 is 54.3 Å². The number of carbonyl (C=O) groups excluding carboxylic acids is 5. The van der Waals surface area contributed by atoms with E-state index in [1.165, 1.54) is 31.5 Å². The highest BCUT2D eigenvalue weighted by atomic mass is 19.4. The van der Waals surface area contributed by atoms with Gasteiger partial charge in [0.25, 0.3) is 5.91 Å². The molecule has 0 aliphatic carbocycles. The predicted molar refractivity (Wildman–Crippen MR) is 84.1 cm³/mol. The Kier molecular flexibility index (Phi) is 7.59. The second-order valence-electron chi connectivity index (χ2n) is 5.37. The number of halogens is 3. The van der Waals surface area contributed by atoms with E-state index in [1.54, 1.807) is 0 Å². The Morgan fingerprint density at radius 2 is 1.71 bits per heavy atom. The van der Waals surface area contributed by atoms with Crippen molar-refractivity contribution in [3.05, 3.63) is 30.1 Å². The molecule has 0 radical (unpaired) electrons. The van der Waals surface area contributed by atoms with E-state index in [9.17, 15) is 37.1 Å². The molecule has 1 aromatic rings. The summed E-state index contributed by atoms with van der Waals surface area (Å²) in [6.45, 7) is 1.21. The Hall–Kier alpha value is -3.51. The molecule has 2 atom stereocenters. The number of rotatable bonds is 7. The average Bonchev–Trinajstić information content (AvgIpc) is 2.60. The smallest absolute Gasteiger partial charge is 0.385 e. The summed E-state index contributed by atoms with van der Waals surface area (Å²) in [5.41, 5.74) is 5.04. The van der Waals surface area contributed by atoms with Gasteiger partial charge in [-0.25, -0.2) is 9.59 Å². The fraction of sp³-hybridized carbons (Fsp3) is 0.333. The molecule has 28 heavy (non-hydrogen) atoms. The Morgan fingerprint density at radius 3 is 2.21 bits per heavy atom. The summed E-state index contributed by atoms with van der Waals surface area (Å²) >= 11 is 0. The second-order valence-corrected chi connectivity index (χ2v) is 5.37. The number of esters is 2. The summed E-state index contributed by atoms with van der Waals surface area (Å²) in [5, 5.41) is 4.17. The number of ether oxygens (including phenoxy) is 1. The van der Waals surface area contributed by atoms with E-state index in [0.29, 0.717) is 0 Å². The predicted octanol–water partition coefficient (Wildman–Crippen LogP) is -0.808. The van der Waals surface area contributed by atoms with Crippen LogP contribution in [0.15, 0.2) is 24.5 Å². The van der Waals surface area contributed by atoms with Crippen LogP contribution >= 0.6 is 0 Å². The maximum Gasteiger partial charge on any atom is 0.491 e. The number of nitrogens with zero attached hydrogens (tertiary/aromatic N) is 1. The van der Waals surface area contributed by atoms with Gasteiger partial charge in [-0.2, -0.15) is 13.2 Å². The van der Waals surface area contributed by atoms with Crippen LogP contribution in [-0.4, -0.2) is 52.9 Å². The Bertz CT molecular complexity index is 769. The van der Waals surface area contributed by atoms with Gasteiger partial charge in [0.2, 0.25) is 11.8 Å². The molecule has 1 rings (SSSR count). The van der Waals surface area contributed by atoms with Crippen molar-refractivity contribution in [2.45, 2.75) is 31.6 Å². The van der Waals surface area contributed by atoms with E-state index in [2.05, 4.69) is 15.0 Å². The lowest BCUT2D eigenvalue weighted by atomic mass is 10.1. The first-order chi connectivity index (χ1) is 12.9. The summed E-state index contributed by atoms with van der Waals surface area (Å²) in [6.07, 6.45) is -3.73. The molecule has 0 aliphatic rings. The normalized spacial score (nSPS) is 13.0. The standard InChI is InChI=1S/C15H15F3N4O6/c1-7(21-12(25)8-2-4-20-5-3-8)11(24)22-9(6-10(19)23)13(26)28-14(27)15(16,17)18/h2-5,7,9H,6H2,1H3,(H2,19,23)(H,21,25)(H,22,24)/t7-,9-/m0/s1. The number of hydrogen-bond donors (Lipinski definition) is 3. The van der Waals surface area contributed by atoms with Crippen molar-refractivity contribution in [3.8, 4) is 0 Å². The first kappa shape index (κ1) is 22.5. The lowest BCUT2D eigenvalue weighted by Gasteiger charge is -2.19. The van der Waals surface area contributed by atoms with Crippen LogP contribution in [0.25, 0.3) is 0 Å². The van der Waals surface area contributed by atoms with Crippen molar-refractivity contribution in [1.29, 1.82) is 0 Å². The zero-order valence-corrected chi connectivity index (χ0v) is 14.3. The van der Waals surface area contributed by atoms with Crippen molar-refractivity contribution in [2.75, 3.05) is 0 Å². The third-order valence-corrected chi connectivity index (χ3v) is 3.11. The van der Waals surface area contributed by atoms with Crippen molar-refractivity contribution < 1.29 is 41.9 Å². The van der Waals surface area contributed by atoms with Crippen molar-refractivity contribution in [3.63, 3.8) is 0 Å². The molecule has 0 saturated carbocycles. The first-order valence-electron chi connectivity index (χ1n) is 7.54. The molecule has 0 saturated heterocycles. The maximum atomic E-state index is 12.2. The minimum atomic E-state index is -5.46. The molecule has 0 fully saturated rings. The average molecular weight is 404 g/mol. The molecule has 152 valence electrons. The van der Waals surface area contributed by atoms with Gasteiger partial charge in [0.1, 0.15) is 12.1 Å². The Morgan fingerprint density at radius 1 is 1.14 bits per heavy atom. The Balaban J connectivity index is 2.77. The highest BCUT2D eigenvalue weighted by Gasteiger charge is 2.43. The highest BCUT2D eigenvalue weighted by Crippen LogP contribution is 2.17. The van der Waals surface area contributed by atoms with E-state index in [1.807, 2.05) is 5.32 Å². The number of aromatic nitrogens is 1. The van der Waals surface area contributed by atoms with Crippen LogP contribution in [-0.2, 0) is 23.9 Å². The number of carbonyl (C=O) groups is 5. The minimum absolute atomic E-state index is 0.165. The number of nitrogens with two attached hydrogens (primary N) is 1. The molecule has 0 bridgehead atoms. The van der Waals surface area contributed by atoms with E-state index >= 15 is 0 Å². The van der Waals surface area contributed by atoms with Crippen LogP contribution in [0.4, 0.5) is 13.2 Å². The quantitative estimate of drug-likeness (QED) is 0.396. The van der Waals surface area contributed by atoms with Gasteiger partial charge in [-0.3, -0.25) is 19.4 Å². The van der Waals surface area contributed by atoms with Gasteiger partial charge < -0.3 is 21.1 Å². The van der Waals surface area contributed by atoms with Gasteiger partial charge in [-0.15, -0.1) is 0 Å². The molecule has 4 N–H and O–H groups in total. The van der Waals surface area contributed by atoms with Gasteiger partial charge in [0.05, 0.1) is 6.42 Å². The number of nitrogens with one attached hydrogen (secondary N) is 2. The zero-order chi connectivity index (χ0) is 21.5. The zero-order valence-electron chi connectivity index (χ0n) is 14.3. The fourth-order valence-electron chi connectivity index (χ4n) is 1.76. The van der Waals surface area contributed by atoms with Crippen molar-refractivity contribution in [1.82, 2.24) is 15.6 Å². The van der Waals surface area contributed by atoms with Gasteiger partial charge in [0.15, 0.2) is 0 Å². The molecular formula is C15H15F3N4O6. The molecule has 0 spiro atoms. The van der Waals surface area contributed by atoms with Crippen LogP contribution in [0.2, 0.25) is 0 Å². The molecule has 3 amide bonds. The molecule has 0 aromatic carbocycles. The monoisotopic (exact) mass is 404 g/mol. The van der Waals surface area contributed by atoms with Gasteiger partial charge in [-0.1, -0.05) is 0 Å². The molecule has 10 nitrogen and oxygen atoms in total. The number of amides is 3. The lowest BCUT2D eigenvalue weighted by Crippen LogP contribution is -2.52. The SMILES string of the molecule is C[C@H](NC(=O)c1ccncc1)C(=O)N[C@@H](CC(N)=O)C(=O)OC(=O)C(F)(F)F. The minimum Gasteiger partial charge on any atom is -0.385 e. The van der Waals surface area contributed by atoms with Crippen LogP contribution < -0.4 is 16.4 Å². The maximum absolute atomic E-state index is 12.2. The third-order valence-electron chi connectivity index (χ3n) is 3.11. The Labute approximate surface area is 155 Å². The molecule has 1 heterocycles. The van der Waals surface area contributed by atoms with Gasteiger partial charge in [0, 0.05) is 18.0 Å². The van der Waals surface area contributed by atoms with E-state index in [-0.39, 0.29) is 5.56 Å². The molecule has 0 aliphatic heterocycles. The van der Waals surface area contributed by atoms with Gasteiger partial charge in [-0.05, 0) is 19.1 Å². The number of primary amides is 1. The van der Waals surface area contributed by atoms with Crippen LogP contribution in [0, 0.1) is 0 Å². The first-order valence-corrected chi connectivity index (χ1v) is 7.54. The highest BCUT2D eigenvalue weighted by molar-refractivity contribution is 5.99. The second kappa shape index (κ2) is 9.43. The summed E-state index contributed by atoms with van der Waals surface area (Å²) in [7, 11) is 0. The van der Waals surface area contributed by atoms with Crippen molar-refractivity contribution in [2.24, 2.45) is 5.73 Å². The summed E-state index contributed by atoms with van der Waals surface area (Å²) in [4.78, 5) is 61.1. The van der Waals surface area contributed by atoms with Crippen LogP contribution in [0.3, 0.4) is 0 Å². The van der Waals surface area contributed by atoms with Gasteiger partial charge >= 0.3 is 18.1 Å². The number of pyridine rings is 1. The molecule has 1 aromatic heterocycles. The van der Waals surface area contributed by atoms with E-state index in [0.717, 1.165) is 0 Å². The van der Waals surface area contributed by atoms with E-state index in [4.69, 9.17) is 5.73 Å². The lowest BCUT2D eigenvalue weighted by molar-refractivity contribution is -0.202. The number of hydrogen-bond acceptors (Lipinski definition) is 7. The summed E-state index contributed by atoms with van der Waals surface area (Å²) < 4.78 is 40.1. The molecule has 0 unspecified atom stereocenters. The third kappa shape index (κ3) is 7.01. The summed E-state index contributed by atoms with van der Waals surface area (Å²) in [6, 6.07) is -0.509. The number of alkyl halides is 3. The van der Waals surface area contributed by atoms with Crippen LogP contribution in [0.5, 0.6) is 0 Å². The van der Waals surface area contributed by atoms with Crippen LogP contribution in [0.1, 0.15) is 23.7 Å². The molecular weight excluding hydrogens is 389 g/mol. The molecule has 13 heteroatoms. The summed E-state index contributed by atoms with van der Waals surface area (Å²) in [5.74, 6) is -7.52. The topological polar surface area (TPSA) is 158 Å². The fourth-order valence-corrected chi connectivity index (χ4v) is 1.76. The largest absolute Gasteiger partial charge is 0.491 e.